The molecule has 0 bridgehead atoms. The van der Waals surface area contributed by atoms with E-state index in [4.69, 9.17) is 0 Å². The first-order chi connectivity index (χ1) is 34.2. The number of anilines is 3. The lowest BCUT2D eigenvalue weighted by molar-refractivity contribution is 0.793. The monoisotopic (exact) mass is 874 g/mol. The molecule has 0 radical (unpaired) electrons. The van der Waals surface area contributed by atoms with E-state index in [9.17, 15) is 0 Å². The van der Waals surface area contributed by atoms with Crippen LogP contribution in [-0.4, -0.2) is 4.57 Å². The number of hydrogen-bond donors (Lipinski definition) is 0. The van der Waals surface area contributed by atoms with Crippen molar-refractivity contribution in [2.24, 2.45) is 0 Å². The predicted molar refractivity (Wildman–Crippen MR) is 290 cm³/mol. The van der Waals surface area contributed by atoms with E-state index in [0.717, 1.165) is 28.3 Å². The standard InChI is InChI=1S/C67H42N2/c1-2-18-45(19-3-1)69-65-32-15-11-28-58(65)59-36-33-44(40-66(59)69)43-17-16-20-46(39-43)68(47-34-37-53-51-23-5-4-21-49(51)50-22-6-7-24-52(50)60(53)41-47)48-35-38-57-56-27-10-14-31-63(56)67(64(57)42-48)61-29-12-8-25-54(61)55-26-9-13-30-62(55)67/h1-42H. The molecule has 69 heavy (non-hydrogen) atoms. The molecular formula is C67H42N2. The van der Waals surface area contributed by atoms with E-state index in [1.807, 2.05) is 0 Å². The van der Waals surface area contributed by atoms with E-state index in [0.29, 0.717) is 0 Å². The quantitative estimate of drug-likeness (QED) is 0.156. The zero-order chi connectivity index (χ0) is 45.2. The molecular weight excluding hydrogens is 833 g/mol. The SMILES string of the molecule is c1ccc(-n2c3ccccc3c3ccc(-c4cccc(N(c5ccc6c(c5)C5(c7ccccc7-c7ccccc75)c5ccccc5-6)c5ccc6c7ccccc7c7ccccc7c6c5)c4)cc32)cc1. The first-order valence-electron chi connectivity index (χ1n) is 24.0. The molecule has 2 nitrogen and oxygen atoms in total. The van der Waals surface area contributed by atoms with Gasteiger partial charge in [0.25, 0.3) is 0 Å². The maximum Gasteiger partial charge on any atom is 0.0726 e. The third-order valence-electron chi connectivity index (χ3n) is 15.4. The molecule has 1 aromatic heterocycles. The van der Waals surface area contributed by atoms with E-state index >= 15 is 0 Å². The average molecular weight is 875 g/mol. The van der Waals surface area contributed by atoms with Crippen LogP contribution in [-0.2, 0) is 5.41 Å². The number of fused-ring (bicyclic) bond motifs is 19. The number of benzene rings is 12. The molecule has 1 spiro atoms. The summed E-state index contributed by atoms with van der Waals surface area (Å²) in [5.74, 6) is 0. The summed E-state index contributed by atoms with van der Waals surface area (Å²) in [7, 11) is 0. The van der Waals surface area contributed by atoms with Gasteiger partial charge < -0.3 is 9.47 Å². The van der Waals surface area contributed by atoms with Crippen molar-refractivity contribution in [2.45, 2.75) is 5.41 Å². The summed E-state index contributed by atoms with van der Waals surface area (Å²) in [5.41, 5.74) is 19.3. The van der Waals surface area contributed by atoms with Gasteiger partial charge in [-0.3, -0.25) is 0 Å². The summed E-state index contributed by atoms with van der Waals surface area (Å²) in [6.45, 7) is 0. The molecule has 320 valence electrons. The largest absolute Gasteiger partial charge is 0.310 e. The Kier molecular flexibility index (Phi) is 8.02. The molecule has 1 heterocycles. The Morgan fingerprint density at radius 1 is 0.261 bits per heavy atom. The third kappa shape index (κ3) is 5.31. The van der Waals surface area contributed by atoms with Crippen LogP contribution in [0.15, 0.2) is 255 Å². The van der Waals surface area contributed by atoms with Crippen LogP contribution in [0, 0.1) is 0 Å². The highest BCUT2D eigenvalue weighted by molar-refractivity contribution is 6.26. The van der Waals surface area contributed by atoms with E-state index < -0.39 is 5.41 Å². The smallest absolute Gasteiger partial charge is 0.0726 e. The molecule has 2 heteroatoms. The number of rotatable bonds is 5. The summed E-state index contributed by atoms with van der Waals surface area (Å²) in [6, 6.07) is 95.0. The fourth-order valence-electron chi connectivity index (χ4n) is 12.5. The Balaban J connectivity index is 0.981. The molecule has 12 aromatic carbocycles. The lowest BCUT2D eigenvalue weighted by Gasteiger charge is -2.32. The van der Waals surface area contributed by atoms with Gasteiger partial charge in [-0.1, -0.05) is 194 Å². The van der Waals surface area contributed by atoms with Crippen molar-refractivity contribution < 1.29 is 0 Å². The number of aromatic nitrogens is 1. The van der Waals surface area contributed by atoms with Crippen LogP contribution < -0.4 is 4.90 Å². The molecule has 0 amide bonds. The van der Waals surface area contributed by atoms with Crippen LogP contribution in [0.5, 0.6) is 0 Å². The second-order valence-electron chi connectivity index (χ2n) is 18.7. The molecule has 0 unspecified atom stereocenters. The van der Waals surface area contributed by atoms with Crippen LogP contribution in [0.25, 0.3) is 93.2 Å². The maximum atomic E-state index is 2.51. The van der Waals surface area contributed by atoms with Crippen LogP contribution in [0.1, 0.15) is 22.3 Å². The Morgan fingerprint density at radius 3 is 1.39 bits per heavy atom. The zero-order valence-corrected chi connectivity index (χ0v) is 37.6. The van der Waals surface area contributed by atoms with Gasteiger partial charge >= 0.3 is 0 Å². The summed E-state index contributed by atoms with van der Waals surface area (Å²) in [5, 5.41) is 10.1. The molecule has 0 saturated carbocycles. The van der Waals surface area contributed by atoms with E-state index in [1.165, 1.54) is 104 Å². The molecule has 15 rings (SSSR count). The van der Waals surface area contributed by atoms with Gasteiger partial charge in [0.05, 0.1) is 16.4 Å². The lowest BCUT2D eigenvalue weighted by Crippen LogP contribution is -2.26. The highest BCUT2D eigenvalue weighted by Gasteiger charge is 2.51. The van der Waals surface area contributed by atoms with Crippen molar-refractivity contribution in [3.05, 3.63) is 277 Å². The zero-order valence-electron chi connectivity index (χ0n) is 37.6. The van der Waals surface area contributed by atoms with Gasteiger partial charge in [-0.25, -0.2) is 0 Å². The second-order valence-corrected chi connectivity index (χ2v) is 18.7. The summed E-state index contributed by atoms with van der Waals surface area (Å²) in [4.78, 5) is 2.50. The lowest BCUT2D eigenvalue weighted by atomic mass is 9.70. The van der Waals surface area contributed by atoms with Gasteiger partial charge in [0, 0.05) is 33.5 Å². The fourth-order valence-corrected chi connectivity index (χ4v) is 12.5. The molecule has 0 aliphatic heterocycles. The molecule has 0 N–H and O–H groups in total. The van der Waals surface area contributed by atoms with Crippen LogP contribution >= 0.6 is 0 Å². The summed E-state index contributed by atoms with van der Waals surface area (Å²) in [6.07, 6.45) is 0. The first-order valence-corrected chi connectivity index (χ1v) is 24.0. The first kappa shape index (κ1) is 38.2. The third-order valence-corrected chi connectivity index (χ3v) is 15.4. The van der Waals surface area contributed by atoms with Crippen LogP contribution in [0.3, 0.4) is 0 Å². The fraction of sp³-hybridized carbons (Fsp3) is 0.0149. The van der Waals surface area contributed by atoms with Crippen molar-refractivity contribution in [2.75, 3.05) is 4.90 Å². The van der Waals surface area contributed by atoms with Crippen molar-refractivity contribution in [1.82, 2.24) is 4.57 Å². The van der Waals surface area contributed by atoms with Crippen molar-refractivity contribution in [3.63, 3.8) is 0 Å². The van der Waals surface area contributed by atoms with Crippen LogP contribution in [0.2, 0.25) is 0 Å². The second kappa shape index (κ2) is 14.5. The summed E-state index contributed by atoms with van der Waals surface area (Å²) < 4.78 is 2.41. The minimum Gasteiger partial charge on any atom is -0.310 e. The van der Waals surface area contributed by atoms with Crippen molar-refractivity contribution in [3.8, 4) is 39.1 Å². The molecule has 13 aromatic rings. The maximum absolute atomic E-state index is 2.51. The van der Waals surface area contributed by atoms with Gasteiger partial charge in [-0.05, 0) is 149 Å². The van der Waals surface area contributed by atoms with Gasteiger partial charge in [0.15, 0.2) is 0 Å². The average Bonchev–Trinajstić information content (AvgIpc) is 4.03. The molecule has 2 aliphatic rings. The van der Waals surface area contributed by atoms with E-state index in [-0.39, 0.29) is 0 Å². The number of para-hydroxylation sites is 2. The number of nitrogens with zero attached hydrogens (tertiary/aromatic N) is 2. The van der Waals surface area contributed by atoms with Gasteiger partial charge in [-0.15, -0.1) is 0 Å². The van der Waals surface area contributed by atoms with E-state index in [1.54, 1.807) is 0 Å². The minimum atomic E-state index is -0.465. The molecule has 0 saturated heterocycles. The van der Waals surface area contributed by atoms with Crippen LogP contribution in [0.4, 0.5) is 17.1 Å². The Labute approximate surface area is 400 Å². The molecule has 0 atom stereocenters. The van der Waals surface area contributed by atoms with Crippen molar-refractivity contribution in [1.29, 1.82) is 0 Å². The molecule has 0 fully saturated rings. The Morgan fingerprint density at radius 2 is 0.725 bits per heavy atom. The van der Waals surface area contributed by atoms with Gasteiger partial charge in [0.2, 0.25) is 0 Å². The summed E-state index contributed by atoms with van der Waals surface area (Å²) >= 11 is 0. The normalized spacial score (nSPS) is 13.0. The van der Waals surface area contributed by atoms with Gasteiger partial charge in [-0.2, -0.15) is 0 Å². The Bertz CT molecular complexity index is 4170. The highest BCUT2D eigenvalue weighted by Crippen LogP contribution is 2.63. The molecule has 2 aliphatic carbocycles. The highest BCUT2D eigenvalue weighted by atomic mass is 15.1. The predicted octanol–water partition coefficient (Wildman–Crippen LogP) is 17.7. The van der Waals surface area contributed by atoms with Crippen molar-refractivity contribution >= 4 is 71.2 Å². The number of hydrogen-bond acceptors (Lipinski definition) is 1. The van der Waals surface area contributed by atoms with Gasteiger partial charge in [0.1, 0.15) is 0 Å². The minimum absolute atomic E-state index is 0.465. The van der Waals surface area contributed by atoms with E-state index in [2.05, 4.69) is 264 Å². The topological polar surface area (TPSA) is 8.17 Å². The Hall–Kier alpha value is -8.98.